The van der Waals surface area contributed by atoms with Gasteiger partial charge in [0.1, 0.15) is 5.75 Å². The summed E-state index contributed by atoms with van der Waals surface area (Å²) < 4.78 is 37.0. The van der Waals surface area contributed by atoms with Gasteiger partial charge in [-0.2, -0.15) is 0 Å². The van der Waals surface area contributed by atoms with Crippen LogP contribution in [0.25, 0.3) is 0 Å². The molecule has 2 aromatic carbocycles. The number of hydrogen-bond donors (Lipinski definition) is 0. The van der Waals surface area contributed by atoms with Crippen LogP contribution in [0.15, 0.2) is 53.4 Å². The van der Waals surface area contributed by atoms with Gasteiger partial charge in [0.05, 0.1) is 23.3 Å². The Bertz CT molecular complexity index is 937. The van der Waals surface area contributed by atoms with Crippen LogP contribution in [0, 0.1) is 0 Å². The summed E-state index contributed by atoms with van der Waals surface area (Å²) in [6.45, 7) is 2.79. The summed E-state index contributed by atoms with van der Waals surface area (Å²) in [6, 6.07) is 12.1. The molecule has 2 rings (SSSR count). The number of ether oxygens (including phenoxy) is 2. The molecule has 0 saturated heterocycles. The fraction of sp³-hybridized carbons (Fsp3) is 0.263. The lowest BCUT2D eigenvalue weighted by Gasteiger charge is -2.21. The van der Waals surface area contributed by atoms with E-state index < -0.39 is 22.1 Å². The molecule has 0 heterocycles. The van der Waals surface area contributed by atoms with E-state index in [0.717, 1.165) is 4.31 Å². The lowest BCUT2D eigenvalue weighted by Crippen LogP contribution is -2.27. The molecule has 0 bridgehead atoms. The molecule has 2 aromatic rings. The van der Waals surface area contributed by atoms with Gasteiger partial charge >= 0.3 is 5.97 Å². The molecule has 0 aromatic heterocycles. The number of methoxy groups -OCH3 is 1. The SMILES string of the molecule is COc1ccccc1N(C)S(=O)(=O)c1ccc(C(=O)OC(C)C(C)=O)cc1. The second-order valence-electron chi connectivity index (χ2n) is 5.83. The van der Waals surface area contributed by atoms with Crippen molar-refractivity contribution in [3.8, 4) is 5.75 Å². The molecule has 0 aliphatic carbocycles. The zero-order chi connectivity index (χ0) is 20.2. The minimum absolute atomic E-state index is 0.00655. The van der Waals surface area contributed by atoms with Crippen LogP contribution in [0.2, 0.25) is 0 Å². The van der Waals surface area contributed by atoms with E-state index in [2.05, 4.69) is 0 Å². The first-order chi connectivity index (χ1) is 12.7. The number of benzene rings is 2. The lowest BCUT2D eigenvalue weighted by molar-refractivity contribution is -0.124. The molecule has 8 heteroatoms. The summed E-state index contributed by atoms with van der Waals surface area (Å²) in [5.41, 5.74) is 0.542. The topological polar surface area (TPSA) is 90.0 Å². The predicted molar refractivity (Wildman–Crippen MR) is 101 cm³/mol. The third-order valence-electron chi connectivity index (χ3n) is 4.03. The van der Waals surface area contributed by atoms with Crippen molar-refractivity contribution in [3.05, 3.63) is 54.1 Å². The fourth-order valence-corrected chi connectivity index (χ4v) is 3.46. The lowest BCUT2D eigenvalue weighted by atomic mass is 10.2. The Labute approximate surface area is 158 Å². The highest BCUT2D eigenvalue weighted by Crippen LogP contribution is 2.30. The third kappa shape index (κ3) is 4.46. The smallest absolute Gasteiger partial charge is 0.338 e. The van der Waals surface area contributed by atoms with Crippen molar-refractivity contribution < 1.29 is 27.5 Å². The number of nitrogens with zero attached hydrogens (tertiary/aromatic N) is 1. The highest BCUT2D eigenvalue weighted by Gasteiger charge is 2.24. The Hall–Kier alpha value is -2.87. The van der Waals surface area contributed by atoms with E-state index in [1.54, 1.807) is 24.3 Å². The Balaban J connectivity index is 2.27. The first-order valence-electron chi connectivity index (χ1n) is 8.12. The summed E-state index contributed by atoms with van der Waals surface area (Å²) >= 11 is 0. The molecule has 0 radical (unpaired) electrons. The quantitative estimate of drug-likeness (QED) is 0.674. The number of esters is 1. The highest BCUT2D eigenvalue weighted by atomic mass is 32.2. The summed E-state index contributed by atoms with van der Waals surface area (Å²) in [7, 11) is -0.976. The Kier molecular flexibility index (Phi) is 6.22. The molecular formula is C19H21NO6S. The molecule has 27 heavy (non-hydrogen) atoms. The maximum Gasteiger partial charge on any atom is 0.338 e. The van der Waals surface area contributed by atoms with E-state index >= 15 is 0 Å². The average molecular weight is 391 g/mol. The zero-order valence-corrected chi connectivity index (χ0v) is 16.3. The van der Waals surface area contributed by atoms with Gasteiger partial charge in [-0.15, -0.1) is 0 Å². The van der Waals surface area contributed by atoms with Crippen molar-refractivity contribution in [2.24, 2.45) is 0 Å². The van der Waals surface area contributed by atoms with Crippen LogP contribution in [-0.2, 0) is 19.6 Å². The monoisotopic (exact) mass is 391 g/mol. The molecule has 0 saturated carbocycles. The summed E-state index contributed by atoms with van der Waals surface area (Å²) in [6.07, 6.45) is -0.863. The number of Topliss-reactive ketones (excluding diaryl/α,β-unsaturated/α-hetero) is 1. The Morgan fingerprint density at radius 1 is 1.04 bits per heavy atom. The van der Waals surface area contributed by atoms with Gasteiger partial charge < -0.3 is 9.47 Å². The van der Waals surface area contributed by atoms with Crippen LogP contribution < -0.4 is 9.04 Å². The second-order valence-corrected chi connectivity index (χ2v) is 7.80. The van der Waals surface area contributed by atoms with Gasteiger partial charge in [0.2, 0.25) is 0 Å². The van der Waals surface area contributed by atoms with Crippen LogP contribution in [0.3, 0.4) is 0 Å². The molecule has 0 spiro atoms. The van der Waals surface area contributed by atoms with Crippen LogP contribution >= 0.6 is 0 Å². The van der Waals surface area contributed by atoms with Gasteiger partial charge in [0.25, 0.3) is 10.0 Å². The minimum atomic E-state index is -3.86. The number of hydrogen-bond acceptors (Lipinski definition) is 6. The van der Waals surface area contributed by atoms with Crippen LogP contribution in [0.1, 0.15) is 24.2 Å². The number of para-hydroxylation sites is 2. The first kappa shape index (κ1) is 20.4. The predicted octanol–water partition coefficient (Wildman–Crippen LogP) is 2.65. The number of rotatable bonds is 7. The number of carbonyl (C=O) groups is 2. The van der Waals surface area contributed by atoms with Gasteiger partial charge in [-0.1, -0.05) is 12.1 Å². The molecule has 0 fully saturated rings. The molecule has 7 nitrogen and oxygen atoms in total. The van der Waals surface area contributed by atoms with Crippen molar-refractivity contribution in [1.82, 2.24) is 0 Å². The summed E-state index contributed by atoms with van der Waals surface area (Å²) in [5, 5.41) is 0. The molecule has 0 amide bonds. The third-order valence-corrected chi connectivity index (χ3v) is 5.81. The van der Waals surface area contributed by atoms with Gasteiger partial charge in [-0.25, -0.2) is 13.2 Å². The highest BCUT2D eigenvalue weighted by molar-refractivity contribution is 7.92. The van der Waals surface area contributed by atoms with Crippen LogP contribution in [-0.4, -0.2) is 40.4 Å². The molecular weight excluding hydrogens is 370 g/mol. The molecule has 1 atom stereocenters. The van der Waals surface area contributed by atoms with E-state index in [4.69, 9.17) is 9.47 Å². The van der Waals surface area contributed by atoms with Crippen molar-refractivity contribution >= 4 is 27.5 Å². The van der Waals surface area contributed by atoms with Crippen molar-refractivity contribution in [2.45, 2.75) is 24.8 Å². The van der Waals surface area contributed by atoms with E-state index in [1.807, 2.05) is 0 Å². The summed E-state index contributed by atoms with van der Waals surface area (Å²) in [4.78, 5) is 23.2. The van der Waals surface area contributed by atoms with E-state index in [9.17, 15) is 18.0 Å². The minimum Gasteiger partial charge on any atom is -0.495 e. The molecule has 144 valence electrons. The average Bonchev–Trinajstić information content (AvgIpc) is 2.67. The van der Waals surface area contributed by atoms with E-state index in [-0.39, 0.29) is 16.2 Å². The molecule has 0 aliphatic rings. The van der Waals surface area contributed by atoms with Crippen molar-refractivity contribution in [3.63, 3.8) is 0 Å². The van der Waals surface area contributed by atoms with E-state index in [0.29, 0.717) is 11.4 Å². The van der Waals surface area contributed by atoms with Gasteiger partial charge in [0, 0.05) is 7.05 Å². The van der Waals surface area contributed by atoms with Crippen LogP contribution in [0.5, 0.6) is 5.75 Å². The second kappa shape index (κ2) is 8.22. The van der Waals surface area contributed by atoms with E-state index in [1.165, 1.54) is 52.3 Å². The molecule has 0 N–H and O–H groups in total. The first-order valence-corrected chi connectivity index (χ1v) is 9.56. The maximum absolute atomic E-state index is 12.9. The zero-order valence-electron chi connectivity index (χ0n) is 15.5. The number of anilines is 1. The molecule has 0 aliphatic heterocycles. The van der Waals surface area contributed by atoms with Gasteiger partial charge in [-0.3, -0.25) is 9.10 Å². The Morgan fingerprint density at radius 3 is 2.19 bits per heavy atom. The largest absolute Gasteiger partial charge is 0.495 e. The summed E-state index contributed by atoms with van der Waals surface area (Å²) in [5.74, 6) is -0.553. The van der Waals surface area contributed by atoms with Gasteiger partial charge in [0.15, 0.2) is 11.9 Å². The van der Waals surface area contributed by atoms with Crippen LogP contribution in [0.4, 0.5) is 5.69 Å². The fourth-order valence-electron chi connectivity index (χ4n) is 2.25. The number of sulfonamides is 1. The van der Waals surface area contributed by atoms with Gasteiger partial charge in [-0.05, 0) is 50.2 Å². The van der Waals surface area contributed by atoms with Crippen molar-refractivity contribution in [1.29, 1.82) is 0 Å². The Morgan fingerprint density at radius 2 is 1.63 bits per heavy atom. The normalized spacial score (nSPS) is 12.1. The standard InChI is InChI=1S/C19H21NO6S/c1-13(21)14(2)26-19(22)15-9-11-16(12-10-15)27(23,24)20(3)17-7-5-6-8-18(17)25-4/h5-12,14H,1-4H3. The number of ketones is 1. The number of carbonyl (C=O) groups excluding carboxylic acids is 2. The maximum atomic E-state index is 12.9. The molecule has 1 unspecified atom stereocenters. The van der Waals surface area contributed by atoms with Crippen molar-refractivity contribution in [2.75, 3.05) is 18.5 Å².